The highest BCUT2D eigenvalue weighted by atomic mass is 35.5. The van der Waals surface area contributed by atoms with E-state index in [0.29, 0.717) is 6.54 Å². The van der Waals surface area contributed by atoms with Gasteiger partial charge in [-0.2, -0.15) is 0 Å². The van der Waals surface area contributed by atoms with Gasteiger partial charge in [-0.25, -0.2) is 0 Å². The maximum absolute atomic E-state index is 12.0. The third-order valence-corrected chi connectivity index (χ3v) is 5.14. The number of rotatable bonds is 6. The van der Waals surface area contributed by atoms with Crippen molar-refractivity contribution in [3.63, 3.8) is 0 Å². The lowest BCUT2D eigenvalue weighted by Gasteiger charge is -2.39. The lowest BCUT2D eigenvalue weighted by molar-refractivity contribution is -0.123. The van der Waals surface area contributed by atoms with Crippen LogP contribution in [0.4, 0.5) is 0 Å². The van der Waals surface area contributed by atoms with E-state index in [9.17, 15) is 4.79 Å². The third kappa shape index (κ3) is 5.55. The van der Waals surface area contributed by atoms with Crippen molar-refractivity contribution in [2.75, 3.05) is 32.7 Å². The molecule has 0 saturated carbocycles. The third-order valence-electron chi connectivity index (χ3n) is 4.89. The second-order valence-electron chi connectivity index (χ2n) is 7.40. The molecule has 1 amide bonds. The Balaban J connectivity index is 1.70. The van der Waals surface area contributed by atoms with Crippen LogP contribution < -0.4 is 5.32 Å². The van der Waals surface area contributed by atoms with E-state index in [-0.39, 0.29) is 18.0 Å². The van der Waals surface area contributed by atoms with Crippen molar-refractivity contribution < 1.29 is 4.79 Å². The Labute approximate surface area is 167 Å². The first-order valence-corrected chi connectivity index (χ1v) is 9.97. The number of piperazine rings is 1. The Hall–Kier alpha value is -1.88. The van der Waals surface area contributed by atoms with E-state index < -0.39 is 0 Å². The van der Waals surface area contributed by atoms with Crippen molar-refractivity contribution in [3.05, 3.63) is 70.7 Å². The zero-order valence-electron chi connectivity index (χ0n) is 16.1. The van der Waals surface area contributed by atoms with E-state index in [2.05, 4.69) is 51.5 Å². The lowest BCUT2D eigenvalue weighted by atomic mass is 9.96. The van der Waals surface area contributed by atoms with E-state index in [0.717, 1.165) is 31.2 Å². The fraction of sp³-hybridized carbons (Fsp3) is 0.409. The summed E-state index contributed by atoms with van der Waals surface area (Å²) in [6.45, 7) is 8.10. The molecule has 0 radical (unpaired) electrons. The van der Waals surface area contributed by atoms with Crippen molar-refractivity contribution in [2.45, 2.75) is 25.9 Å². The van der Waals surface area contributed by atoms with Gasteiger partial charge in [-0.05, 0) is 37.1 Å². The average Bonchev–Trinajstić information content (AvgIpc) is 2.65. The van der Waals surface area contributed by atoms with Gasteiger partial charge in [-0.15, -0.1) is 0 Å². The molecule has 1 N–H and O–H groups in total. The van der Waals surface area contributed by atoms with E-state index >= 15 is 0 Å². The van der Waals surface area contributed by atoms with Crippen LogP contribution in [0.2, 0.25) is 5.02 Å². The van der Waals surface area contributed by atoms with Crippen LogP contribution in [0.5, 0.6) is 0 Å². The minimum atomic E-state index is 0.107. The summed E-state index contributed by atoms with van der Waals surface area (Å²) in [7, 11) is 0. The number of hydrogen-bond donors (Lipinski definition) is 1. The minimum absolute atomic E-state index is 0.107. The highest BCUT2D eigenvalue weighted by Gasteiger charge is 2.27. The molecule has 5 heteroatoms. The Morgan fingerprint density at radius 1 is 0.963 bits per heavy atom. The van der Waals surface area contributed by atoms with Gasteiger partial charge in [-0.3, -0.25) is 14.6 Å². The summed E-state index contributed by atoms with van der Waals surface area (Å²) in [5, 5.41) is 3.73. The van der Waals surface area contributed by atoms with Crippen LogP contribution in [-0.2, 0) is 4.79 Å². The largest absolute Gasteiger partial charge is 0.353 e. The van der Waals surface area contributed by atoms with Crippen LogP contribution in [0, 0.1) is 0 Å². The van der Waals surface area contributed by atoms with Crippen molar-refractivity contribution in [1.82, 2.24) is 15.1 Å². The molecule has 0 aliphatic carbocycles. The van der Waals surface area contributed by atoms with Crippen molar-refractivity contribution in [2.24, 2.45) is 0 Å². The molecule has 0 spiro atoms. The number of carbonyl (C=O) groups excluding carboxylic acids is 1. The van der Waals surface area contributed by atoms with Crippen LogP contribution in [0.3, 0.4) is 0 Å². The number of carbonyl (C=O) groups is 1. The maximum Gasteiger partial charge on any atom is 0.234 e. The Kier molecular flexibility index (Phi) is 6.89. The summed E-state index contributed by atoms with van der Waals surface area (Å²) in [4.78, 5) is 16.8. The molecule has 1 fully saturated rings. The van der Waals surface area contributed by atoms with Gasteiger partial charge in [0.05, 0.1) is 12.6 Å². The monoisotopic (exact) mass is 385 g/mol. The highest BCUT2D eigenvalue weighted by Crippen LogP contribution is 2.30. The number of amides is 1. The van der Waals surface area contributed by atoms with Gasteiger partial charge in [0, 0.05) is 37.2 Å². The predicted molar refractivity (Wildman–Crippen MR) is 111 cm³/mol. The van der Waals surface area contributed by atoms with Gasteiger partial charge in [0.25, 0.3) is 0 Å². The topological polar surface area (TPSA) is 35.6 Å². The number of nitrogens with one attached hydrogen (secondary N) is 1. The van der Waals surface area contributed by atoms with E-state index in [1.807, 2.05) is 32.0 Å². The molecule has 144 valence electrons. The second kappa shape index (κ2) is 9.36. The number of benzene rings is 2. The molecule has 4 nitrogen and oxygen atoms in total. The van der Waals surface area contributed by atoms with E-state index in [1.165, 1.54) is 11.1 Å². The number of hydrogen-bond acceptors (Lipinski definition) is 3. The van der Waals surface area contributed by atoms with Gasteiger partial charge in [0.1, 0.15) is 0 Å². The average molecular weight is 386 g/mol. The minimum Gasteiger partial charge on any atom is -0.353 e. The summed E-state index contributed by atoms with van der Waals surface area (Å²) < 4.78 is 0. The summed E-state index contributed by atoms with van der Waals surface area (Å²) in [6.07, 6.45) is 0. The van der Waals surface area contributed by atoms with E-state index in [1.54, 1.807) is 0 Å². The van der Waals surface area contributed by atoms with Crippen molar-refractivity contribution in [1.29, 1.82) is 0 Å². The van der Waals surface area contributed by atoms with E-state index in [4.69, 9.17) is 11.6 Å². The van der Waals surface area contributed by atoms with Gasteiger partial charge in [0.15, 0.2) is 0 Å². The molecule has 1 aliphatic heterocycles. The maximum atomic E-state index is 12.0. The molecule has 0 aromatic heterocycles. The lowest BCUT2D eigenvalue weighted by Crippen LogP contribution is -2.51. The zero-order valence-corrected chi connectivity index (χ0v) is 16.8. The molecule has 1 unspecified atom stereocenters. The van der Waals surface area contributed by atoms with Crippen LogP contribution in [-0.4, -0.2) is 54.5 Å². The molecule has 1 saturated heterocycles. The summed E-state index contributed by atoms with van der Waals surface area (Å²) in [5.74, 6) is 0.107. The molecular formula is C22H28ClN3O. The predicted octanol–water partition coefficient (Wildman–Crippen LogP) is 3.57. The molecule has 2 aromatic rings. The molecule has 1 aliphatic rings. The number of nitrogens with zero attached hydrogens (tertiary/aromatic N) is 2. The molecule has 3 rings (SSSR count). The summed E-state index contributed by atoms with van der Waals surface area (Å²) in [5.41, 5.74) is 2.53. The molecule has 27 heavy (non-hydrogen) atoms. The molecular weight excluding hydrogens is 358 g/mol. The van der Waals surface area contributed by atoms with Crippen LogP contribution in [0.15, 0.2) is 54.6 Å². The Morgan fingerprint density at radius 2 is 1.56 bits per heavy atom. The van der Waals surface area contributed by atoms with Gasteiger partial charge in [0.2, 0.25) is 5.91 Å². The fourth-order valence-electron chi connectivity index (χ4n) is 3.64. The van der Waals surface area contributed by atoms with Crippen LogP contribution >= 0.6 is 11.6 Å². The molecule has 0 bridgehead atoms. The fourth-order valence-corrected chi connectivity index (χ4v) is 3.77. The molecule has 1 heterocycles. The molecule has 2 aromatic carbocycles. The SMILES string of the molecule is CC(C)NC(=O)CN1CCN(C(c2ccccc2)c2ccc(Cl)cc2)CC1. The van der Waals surface area contributed by atoms with Gasteiger partial charge < -0.3 is 5.32 Å². The smallest absolute Gasteiger partial charge is 0.234 e. The van der Waals surface area contributed by atoms with Crippen molar-refractivity contribution in [3.8, 4) is 0 Å². The van der Waals surface area contributed by atoms with Gasteiger partial charge >= 0.3 is 0 Å². The van der Waals surface area contributed by atoms with Crippen molar-refractivity contribution >= 4 is 17.5 Å². The first-order chi connectivity index (χ1) is 13.0. The quantitative estimate of drug-likeness (QED) is 0.825. The Bertz CT molecular complexity index is 725. The first-order valence-electron chi connectivity index (χ1n) is 9.59. The van der Waals surface area contributed by atoms with Crippen LogP contribution in [0.25, 0.3) is 0 Å². The Morgan fingerprint density at radius 3 is 2.15 bits per heavy atom. The summed E-state index contributed by atoms with van der Waals surface area (Å²) in [6, 6.07) is 19.1. The highest BCUT2D eigenvalue weighted by molar-refractivity contribution is 6.30. The second-order valence-corrected chi connectivity index (χ2v) is 7.84. The summed E-state index contributed by atoms with van der Waals surface area (Å²) >= 11 is 6.09. The molecule has 1 atom stereocenters. The van der Waals surface area contributed by atoms with Crippen LogP contribution in [0.1, 0.15) is 31.0 Å². The number of halogens is 1. The zero-order chi connectivity index (χ0) is 19.2. The first kappa shape index (κ1) is 19.9. The van der Waals surface area contributed by atoms with Gasteiger partial charge in [-0.1, -0.05) is 54.1 Å². The standard InChI is InChI=1S/C22H28ClN3O/c1-17(2)24-21(27)16-25-12-14-26(15-13-25)22(18-6-4-3-5-7-18)19-8-10-20(23)11-9-19/h3-11,17,22H,12-16H2,1-2H3,(H,24,27). The normalized spacial score (nSPS) is 17.0.